The summed E-state index contributed by atoms with van der Waals surface area (Å²) in [4.78, 5) is 10.8. The first-order chi connectivity index (χ1) is 8.62. The Kier molecular flexibility index (Phi) is 4.69. The van der Waals surface area contributed by atoms with Crippen molar-refractivity contribution in [3.63, 3.8) is 0 Å². The van der Waals surface area contributed by atoms with Crippen LogP contribution in [0.1, 0.15) is 49.5 Å². The van der Waals surface area contributed by atoms with Gasteiger partial charge in [-0.2, -0.15) is 0 Å². The molecule has 0 aliphatic carbocycles. The van der Waals surface area contributed by atoms with Gasteiger partial charge in [-0.25, -0.2) is 4.39 Å². The van der Waals surface area contributed by atoms with E-state index in [4.69, 9.17) is 5.11 Å². The summed E-state index contributed by atoms with van der Waals surface area (Å²) < 4.78 is 13.2. The summed E-state index contributed by atoms with van der Waals surface area (Å²) in [7, 11) is 0. The van der Waals surface area contributed by atoms with Crippen LogP contribution in [0.5, 0.6) is 0 Å². The van der Waals surface area contributed by atoms with Gasteiger partial charge in [-0.1, -0.05) is 13.8 Å². The molecule has 3 nitrogen and oxygen atoms in total. The van der Waals surface area contributed by atoms with Crippen molar-refractivity contribution in [2.45, 2.75) is 46.6 Å². The number of aliphatic hydroxyl groups excluding tert-OH is 1. The lowest BCUT2D eigenvalue weighted by atomic mass is 9.80. The van der Waals surface area contributed by atoms with Crippen LogP contribution in [-0.4, -0.2) is 16.2 Å². The number of hydrogen-bond donors (Lipinski definition) is 2. The number of carboxylic acid groups (broad SMARTS) is 1. The number of carboxylic acids is 1. The Bertz CT molecular complexity index is 457. The molecular weight excluding hydrogens is 247 g/mol. The second-order valence-electron chi connectivity index (χ2n) is 5.91. The molecule has 0 saturated heterocycles. The van der Waals surface area contributed by atoms with E-state index >= 15 is 0 Å². The first-order valence-corrected chi connectivity index (χ1v) is 6.29. The number of aliphatic hydroxyl groups is 1. The summed E-state index contributed by atoms with van der Waals surface area (Å²) >= 11 is 0. The van der Waals surface area contributed by atoms with Gasteiger partial charge in [0.15, 0.2) is 0 Å². The summed E-state index contributed by atoms with van der Waals surface area (Å²) in [6.45, 7) is 7.11. The minimum Gasteiger partial charge on any atom is -0.481 e. The van der Waals surface area contributed by atoms with Gasteiger partial charge in [-0.3, -0.25) is 4.79 Å². The van der Waals surface area contributed by atoms with E-state index in [9.17, 15) is 14.3 Å². The summed E-state index contributed by atoms with van der Waals surface area (Å²) in [6.07, 6.45) is -0.467. The number of benzene rings is 1. The molecule has 0 aliphatic rings. The fourth-order valence-corrected chi connectivity index (χ4v) is 2.55. The van der Waals surface area contributed by atoms with Crippen LogP contribution in [0.2, 0.25) is 0 Å². The lowest BCUT2D eigenvalue weighted by Gasteiger charge is -2.27. The van der Waals surface area contributed by atoms with Gasteiger partial charge in [0.25, 0.3) is 0 Å². The van der Waals surface area contributed by atoms with Gasteiger partial charge in [-0.05, 0) is 54.5 Å². The first-order valence-electron chi connectivity index (χ1n) is 6.29. The van der Waals surface area contributed by atoms with Crippen molar-refractivity contribution in [2.24, 2.45) is 5.41 Å². The Hall–Kier alpha value is -1.42. The SMILES string of the molecule is Cc1cc(F)cc(C)c1C(O)CC(C)(C)CC(=O)O. The maximum absolute atomic E-state index is 13.2. The number of aryl methyl sites for hydroxylation is 2. The molecule has 1 aromatic carbocycles. The predicted octanol–water partition coefficient (Wildman–Crippen LogP) is 3.37. The summed E-state index contributed by atoms with van der Waals surface area (Å²) in [5.41, 5.74) is 1.56. The monoisotopic (exact) mass is 268 g/mol. The normalized spacial score (nSPS) is 13.4. The van der Waals surface area contributed by atoms with Gasteiger partial charge in [-0.15, -0.1) is 0 Å². The highest BCUT2D eigenvalue weighted by Gasteiger charge is 2.27. The van der Waals surface area contributed by atoms with Crippen molar-refractivity contribution in [1.82, 2.24) is 0 Å². The van der Waals surface area contributed by atoms with Crippen molar-refractivity contribution in [3.8, 4) is 0 Å². The number of carbonyl (C=O) groups is 1. The van der Waals surface area contributed by atoms with Gasteiger partial charge in [0.1, 0.15) is 5.82 Å². The number of rotatable bonds is 5. The van der Waals surface area contributed by atoms with Crippen molar-refractivity contribution < 1.29 is 19.4 Å². The molecule has 0 saturated carbocycles. The largest absolute Gasteiger partial charge is 0.481 e. The maximum atomic E-state index is 13.2. The zero-order chi connectivity index (χ0) is 14.8. The van der Waals surface area contributed by atoms with E-state index in [1.807, 2.05) is 0 Å². The molecule has 0 radical (unpaired) electrons. The molecule has 1 rings (SSSR count). The molecule has 1 unspecified atom stereocenters. The molecule has 1 atom stereocenters. The highest BCUT2D eigenvalue weighted by molar-refractivity contribution is 5.67. The minimum absolute atomic E-state index is 0.0106. The van der Waals surface area contributed by atoms with Crippen LogP contribution in [0.15, 0.2) is 12.1 Å². The average Bonchev–Trinajstić information content (AvgIpc) is 2.10. The first kappa shape index (κ1) is 15.6. The second-order valence-corrected chi connectivity index (χ2v) is 5.91. The fraction of sp³-hybridized carbons (Fsp3) is 0.533. The van der Waals surface area contributed by atoms with Gasteiger partial charge >= 0.3 is 5.97 Å². The molecule has 4 heteroatoms. The standard InChI is InChI=1S/C15H21FO3/c1-9-5-11(16)6-10(2)14(9)12(17)7-15(3,4)8-13(18)19/h5-6,12,17H,7-8H2,1-4H3,(H,18,19). The molecule has 0 bridgehead atoms. The topological polar surface area (TPSA) is 57.5 Å². The fourth-order valence-electron chi connectivity index (χ4n) is 2.55. The quantitative estimate of drug-likeness (QED) is 0.860. The van der Waals surface area contributed by atoms with Crippen molar-refractivity contribution >= 4 is 5.97 Å². The van der Waals surface area contributed by atoms with Crippen LogP contribution in [0.3, 0.4) is 0 Å². The van der Waals surface area contributed by atoms with E-state index < -0.39 is 17.5 Å². The van der Waals surface area contributed by atoms with Gasteiger partial charge in [0.05, 0.1) is 12.5 Å². The average molecular weight is 268 g/mol. The number of aliphatic carboxylic acids is 1. The maximum Gasteiger partial charge on any atom is 0.303 e. The zero-order valence-corrected chi connectivity index (χ0v) is 11.8. The molecule has 106 valence electrons. The number of halogens is 1. The van der Waals surface area contributed by atoms with Crippen LogP contribution in [-0.2, 0) is 4.79 Å². The molecule has 2 N–H and O–H groups in total. The van der Waals surface area contributed by atoms with E-state index in [-0.39, 0.29) is 12.2 Å². The Morgan fingerprint density at radius 1 is 1.32 bits per heavy atom. The smallest absolute Gasteiger partial charge is 0.303 e. The van der Waals surface area contributed by atoms with Crippen LogP contribution >= 0.6 is 0 Å². The minimum atomic E-state index is -0.884. The third-order valence-corrected chi connectivity index (χ3v) is 3.27. The zero-order valence-electron chi connectivity index (χ0n) is 11.8. The number of hydrogen-bond acceptors (Lipinski definition) is 2. The van der Waals surface area contributed by atoms with Crippen LogP contribution < -0.4 is 0 Å². The Morgan fingerprint density at radius 3 is 2.21 bits per heavy atom. The van der Waals surface area contributed by atoms with Crippen molar-refractivity contribution in [2.75, 3.05) is 0 Å². The van der Waals surface area contributed by atoms with Gasteiger partial charge in [0.2, 0.25) is 0 Å². The highest BCUT2D eigenvalue weighted by Crippen LogP contribution is 2.35. The van der Waals surface area contributed by atoms with E-state index in [1.165, 1.54) is 12.1 Å². The van der Waals surface area contributed by atoms with Crippen molar-refractivity contribution in [3.05, 3.63) is 34.6 Å². The highest BCUT2D eigenvalue weighted by atomic mass is 19.1. The van der Waals surface area contributed by atoms with Crippen LogP contribution in [0.4, 0.5) is 4.39 Å². The van der Waals surface area contributed by atoms with E-state index in [1.54, 1.807) is 27.7 Å². The third-order valence-electron chi connectivity index (χ3n) is 3.27. The van der Waals surface area contributed by atoms with Gasteiger partial charge < -0.3 is 10.2 Å². The Balaban J connectivity index is 2.95. The molecule has 19 heavy (non-hydrogen) atoms. The van der Waals surface area contributed by atoms with Crippen LogP contribution in [0, 0.1) is 25.1 Å². The molecule has 0 fully saturated rings. The van der Waals surface area contributed by atoms with Gasteiger partial charge in [0, 0.05) is 0 Å². The molecule has 0 amide bonds. The lowest BCUT2D eigenvalue weighted by Crippen LogP contribution is -2.21. The summed E-state index contributed by atoms with van der Waals surface area (Å²) in [6, 6.07) is 2.77. The summed E-state index contributed by atoms with van der Waals surface area (Å²) in [5, 5.41) is 19.2. The molecular formula is C15H21FO3. The molecule has 0 aliphatic heterocycles. The predicted molar refractivity (Wildman–Crippen MR) is 71.5 cm³/mol. The Morgan fingerprint density at radius 2 is 1.79 bits per heavy atom. The molecule has 1 aromatic rings. The Labute approximate surface area is 113 Å². The summed E-state index contributed by atoms with van der Waals surface area (Å²) in [5.74, 6) is -1.21. The third kappa shape index (κ3) is 4.31. The van der Waals surface area contributed by atoms with Crippen LogP contribution in [0.25, 0.3) is 0 Å². The van der Waals surface area contributed by atoms with E-state index in [2.05, 4.69) is 0 Å². The molecule has 0 spiro atoms. The molecule has 0 heterocycles. The second kappa shape index (κ2) is 5.70. The lowest BCUT2D eigenvalue weighted by molar-refractivity contribution is -0.139. The van der Waals surface area contributed by atoms with E-state index in [0.717, 1.165) is 0 Å². The van der Waals surface area contributed by atoms with Crippen molar-refractivity contribution in [1.29, 1.82) is 0 Å². The molecule has 0 aromatic heterocycles. The van der Waals surface area contributed by atoms with E-state index in [0.29, 0.717) is 23.1 Å².